The molecule has 0 saturated carbocycles. The maximum absolute atomic E-state index is 11.8. The molecule has 17 heavy (non-hydrogen) atoms. The maximum atomic E-state index is 11.8. The second kappa shape index (κ2) is 5.34. The topological polar surface area (TPSA) is 46.5 Å². The molecule has 2 rings (SSSR count). The van der Waals surface area contributed by atoms with Gasteiger partial charge in [0, 0.05) is 11.3 Å². The summed E-state index contributed by atoms with van der Waals surface area (Å²) in [5.74, 6) is 0.258. The summed E-state index contributed by atoms with van der Waals surface area (Å²) in [7, 11) is -2.97. The Morgan fingerprint density at radius 3 is 2.59 bits per heavy atom. The summed E-state index contributed by atoms with van der Waals surface area (Å²) >= 11 is 6.57. The van der Waals surface area contributed by atoms with Crippen LogP contribution < -0.4 is 0 Å². The van der Waals surface area contributed by atoms with E-state index in [0.29, 0.717) is 0 Å². The summed E-state index contributed by atoms with van der Waals surface area (Å²) in [5.41, 5.74) is 0. The average molecular weight is 425 g/mol. The van der Waals surface area contributed by atoms with E-state index in [9.17, 15) is 8.42 Å². The van der Waals surface area contributed by atoms with Crippen LogP contribution in [0.5, 0.6) is 0 Å². The van der Waals surface area contributed by atoms with Crippen molar-refractivity contribution >= 4 is 70.6 Å². The van der Waals surface area contributed by atoms with Crippen molar-refractivity contribution in [1.29, 1.82) is 0 Å². The highest BCUT2D eigenvalue weighted by Crippen LogP contribution is 2.57. The number of halogens is 2. The lowest BCUT2D eigenvalue weighted by Crippen LogP contribution is -2.33. The lowest BCUT2D eigenvalue weighted by atomic mass is 10.1. The van der Waals surface area contributed by atoms with Gasteiger partial charge in [0.15, 0.2) is 9.84 Å². The van der Waals surface area contributed by atoms with E-state index in [4.69, 9.17) is 0 Å². The monoisotopic (exact) mass is 423 g/mol. The molecule has 0 bridgehead atoms. The highest BCUT2D eigenvalue weighted by molar-refractivity contribution is 9.11. The summed E-state index contributed by atoms with van der Waals surface area (Å²) < 4.78 is 23.9. The van der Waals surface area contributed by atoms with Crippen LogP contribution in [0.15, 0.2) is 4.99 Å². The third-order valence-electron chi connectivity index (χ3n) is 2.70. The van der Waals surface area contributed by atoms with Crippen molar-refractivity contribution in [1.82, 2.24) is 0 Å². The van der Waals surface area contributed by atoms with Crippen LogP contribution in [0, 0.1) is 0 Å². The Bertz CT molecular complexity index is 438. The predicted molar refractivity (Wildman–Crippen MR) is 86.8 cm³/mol. The van der Waals surface area contributed by atoms with Gasteiger partial charge in [-0.2, -0.15) is 0 Å². The Morgan fingerprint density at radius 1 is 1.53 bits per heavy atom. The quantitative estimate of drug-likeness (QED) is 0.606. The van der Waals surface area contributed by atoms with Crippen LogP contribution in [0.4, 0.5) is 0 Å². The highest BCUT2D eigenvalue weighted by atomic mass is 79.9. The van der Waals surface area contributed by atoms with Crippen molar-refractivity contribution < 1.29 is 8.42 Å². The number of thioether (sulfide) groups is 2. The molecule has 0 amide bonds. The number of rotatable bonds is 1. The first-order valence-corrected chi connectivity index (χ1v) is 9.37. The minimum Gasteiger partial charge on any atom is -0.269 e. The largest absolute Gasteiger partial charge is 0.269 e. The van der Waals surface area contributed by atoms with E-state index in [1.165, 1.54) is 0 Å². The lowest BCUT2D eigenvalue weighted by molar-refractivity contribution is 0.599. The second-order valence-electron chi connectivity index (χ2n) is 4.53. The van der Waals surface area contributed by atoms with E-state index in [2.05, 4.69) is 20.9 Å². The molecule has 1 unspecified atom stereocenters. The molecule has 8 heteroatoms. The zero-order valence-corrected chi connectivity index (χ0v) is 15.5. The van der Waals surface area contributed by atoms with Gasteiger partial charge in [0.2, 0.25) is 0 Å². The molecule has 2 aliphatic rings. The van der Waals surface area contributed by atoms with Gasteiger partial charge < -0.3 is 0 Å². The van der Waals surface area contributed by atoms with E-state index in [-0.39, 0.29) is 38.8 Å². The molecular formula is C9H15Br2NO2S3. The van der Waals surface area contributed by atoms with E-state index in [1.54, 1.807) is 23.5 Å². The third-order valence-corrected chi connectivity index (χ3v) is 11.1. The summed E-state index contributed by atoms with van der Waals surface area (Å²) in [6.07, 6.45) is 0. The van der Waals surface area contributed by atoms with Gasteiger partial charge in [-0.05, 0) is 20.8 Å². The zero-order valence-electron chi connectivity index (χ0n) is 9.71. The first-order chi connectivity index (χ1) is 7.25. The summed E-state index contributed by atoms with van der Waals surface area (Å²) in [6.45, 7) is 6.09. The first-order valence-electron chi connectivity index (χ1n) is 5.05. The molecule has 0 N–H and O–H groups in total. The van der Waals surface area contributed by atoms with Gasteiger partial charge >= 0.3 is 0 Å². The van der Waals surface area contributed by atoms with Crippen LogP contribution in [-0.2, 0) is 9.84 Å². The van der Waals surface area contributed by atoms with Gasteiger partial charge in [-0.25, -0.2) is 8.42 Å². The Kier molecular flexibility index (Phi) is 5.13. The van der Waals surface area contributed by atoms with Gasteiger partial charge in [0.05, 0.1) is 10.5 Å². The molecule has 0 radical (unpaired) electrons. The molecule has 0 aromatic carbocycles. The lowest BCUT2D eigenvalue weighted by Gasteiger charge is -2.22. The van der Waals surface area contributed by atoms with Gasteiger partial charge in [0.25, 0.3) is 0 Å². The molecule has 2 aliphatic heterocycles. The summed E-state index contributed by atoms with van der Waals surface area (Å²) in [4.78, 5) is 4.51. The van der Waals surface area contributed by atoms with Crippen molar-refractivity contribution in [3.05, 3.63) is 0 Å². The third kappa shape index (κ3) is 2.90. The molecule has 3 atom stereocenters. The van der Waals surface area contributed by atoms with Crippen molar-refractivity contribution in [2.45, 2.75) is 41.0 Å². The first kappa shape index (κ1) is 16.3. The molecule has 2 saturated heterocycles. The fourth-order valence-corrected chi connectivity index (χ4v) is 9.69. The van der Waals surface area contributed by atoms with Crippen LogP contribution >= 0.6 is 56.4 Å². The van der Waals surface area contributed by atoms with Gasteiger partial charge in [-0.15, -0.1) is 17.0 Å². The van der Waals surface area contributed by atoms with Gasteiger partial charge in [-0.3, -0.25) is 4.99 Å². The summed E-state index contributed by atoms with van der Waals surface area (Å²) in [6, 6.07) is 0.266. The molecule has 0 aromatic rings. The number of alkyl halides is 1. The standard InChI is InChI=1S/C9H14BrNO2S3.BrH/c1-5(2)11-8-14-6-4-16(12,13)7(10)9(6,3)15-8;/h5-7H,4H2,1-3H3;1H/t6-,7?,9-;/m1./s1. The molecule has 0 aliphatic carbocycles. The predicted octanol–water partition coefficient (Wildman–Crippen LogP) is 3.09. The smallest absolute Gasteiger partial charge is 0.165 e. The Labute approximate surface area is 130 Å². The van der Waals surface area contributed by atoms with Crippen molar-refractivity contribution in [2.24, 2.45) is 4.99 Å². The number of sulfone groups is 1. The van der Waals surface area contributed by atoms with Gasteiger partial charge in [0.1, 0.15) is 8.53 Å². The number of hydrogen-bond donors (Lipinski definition) is 0. The van der Waals surface area contributed by atoms with E-state index in [0.717, 1.165) is 4.38 Å². The fraction of sp³-hybridized carbons (Fsp3) is 0.889. The second-order valence-corrected chi connectivity index (χ2v) is 11.1. The molecule has 0 aromatic heterocycles. The van der Waals surface area contributed by atoms with Crippen LogP contribution in [0.2, 0.25) is 0 Å². The van der Waals surface area contributed by atoms with E-state index < -0.39 is 14.0 Å². The number of fused-ring (bicyclic) bond motifs is 1. The van der Waals surface area contributed by atoms with Crippen LogP contribution in [0.25, 0.3) is 0 Å². The van der Waals surface area contributed by atoms with Crippen molar-refractivity contribution in [3.63, 3.8) is 0 Å². The van der Waals surface area contributed by atoms with Crippen molar-refractivity contribution in [2.75, 3.05) is 5.75 Å². The minimum atomic E-state index is -2.97. The Balaban J connectivity index is 0.00000144. The highest BCUT2D eigenvalue weighted by Gasteiger charge is 2.60. The van der Waals surface area contributed by atoms with Crippen LogP contribution in [0.1, 0.15) is 20.8 Å². The molecule has 0 spiro atoms. The van der Waals surface area contributed by atoms with Crippen molar-refractivity contribution in [3.8, 4) is 0 Å². The number of aliphatic imine (C=N–C) groups is 1. The fourth-order valence-electron chi connectivity index (χ4n) is 1.83. The number of nitrogens with zero attached hydrogens (tertiary/aromatic N) is 1. The van der Waals surface area contributed by atoms with E-state index >= 15 is 0 Å². The molecule has 2 heterocycles. The maximum Gasteiger partial charge on any atom is 0.165 e. The molecule has 2 fully saturated rings. The molecular weight excluding hydrogens is 410 g/mol. The zero-order chi connectivity index (χ0) is 12.1. The SMILES string of the molecule is Br.CC(C)N=C1S[C@@H]2CS(=O)(=O)C(Br)[C@]2(C)S1. The van der Waals surface area contributed by atoms with Crippen LogP contribution in [0.3, 0.4) is 0 Å². The molecule has 100 valence electrons. The average Bonchev–Trinajstić information content (AvgIpc) is 2.47. The van der Waals surface area contributed by atoms with Crippen LogP contribution in [-0.4, -0.2) is 38.7 Å². The Hall–Kier alpha value is 1.28. The van der Waals surface area contributed by atoms with Gasteiger partial charge in [-0.1, -0.05) is 39.5 Å². The molecule has 3 nitrogen and oxygen atoms in total. The normalized spacial score (nSPS) is 41.6. The summed E-state index contributed by atoms with van der Waals surface area (Å²) in [5, 5.41) is 0.129. The minimum absolute atomic E-state index is 0. The number of hydrogen-bond acceptors (Lipinski definition) is 5. The Morgan fingerprint density at radius 2 is 2.12 bits per heavy atom. The van der Waals surface area contributed by atoms with E-state index in [1.807, 2.05) is 20.8 Å².